The lowest BCUT2D eigenvalue weighted by molar-refractivity contribution is -0.255. The number of carbonyl (C=O) groups excluding carboxylic acids is 3. The lowest BCUT2D eigenvalue weighted by atomic mass is 10.1. The second kappa shape index (κ2) is 7.00. The average Bonchev–Trinajstić information content (AvgIpc) is 2.99. The topological polar surface area (TPSA) is 89.5 Å². The summed E-state index contributed by atoms with van der Waals surface area (Å²) in [7, 11) is 0. The van der Waals surface area contributed by atoms with Gasteiger partial charge in [0.2, 0.25) is 11.8 Å². The van der Waals surface area contributed by atoms with E-state index in [0.29, 0.717) is 12.2 Å². The van der Waals surface area contributed by atoms with Crippen LogP contribution in [0.25, 0.3) is 0 Å². The summed E-state index contributed by atoms with van der Waals surface area (Å²) in [6.07, 6.45) is 0.124. The third-order valence-corrected chi connectivity index (χ3v) is 4.73. The zero-order valence-electron chi connectivity index (χ0n) is 14.6. The molecule has 1 aliphatic heterocycles. The van der Waals surface area contributed by atoms with E-state index in [2.05, 4.69) is 5.32 Å². The van der Waals surface area contributed by atoms with Crippen LogP contribution < -0.4 is 15.3 Å². The highest BCUT2D eigenvalue weighted by Crippen LogP contribution is 2.30. The number of nitrogens with one attached hydrogen (secondary N) is 1. The van der Waals surface area contributed by atoms with Crippen molar-refractivity contribution >= 4 is 29.2 Å². The monoisotopic (exact) mass is 351 g/mol. The standard InChI is InChI=1S/C20H20N2O4/c1-12-5-3-8-17(13(12)2)22-11-15(10-18(22)23)19(24)21-16-7-4-6-14(9-16)20(25)26/h3-9,15H,10-11H2,1-2H3,(H,21,24)(H,25,26)/p-1/t15-/m0/s1. The van der Waals surface area contributed by atoms with E-state index in [-0.39, 0.29) is 23.8 Å². The summed E-state index contributed by atoms with van der Waals surface area (Å²) in [5.74, 6) is -2.20. The Morgan fingerprint density at radius 2 is 1.88 bits per heavy atom. The van der Waals surface area contributed by atoms with Crippen molar-refractivity contribution in [3.05, 3.63) is 59.2 Å². The van der Waals surface area contributed by atoms with E-state index in [1.54, 1.807) is 11.0 Å². The van der Waals surface area contributed by atoms with E-state index in [1.165, 1.54) is 18.2 Å². The smallest absolute Gasteiger partial charge is 0.229 e. The molecule has 2 aromatic carbocycles. The highest BCUT2D eigenvalue weighted by atomic mass is 16.4. The van der Waals surface area contributed by atoms with Crippen LogP contribution in [0.15, 0.2) is 42.5 Å². The molecule has 134 valence electrons. The Bertz CT molecular complexity index is 891. The zero-order valence-corrected chi connectivity index (χ0v) is 14.6. The Hall–Kier alpha value is -3.15. The largest absolute Gasteiger partial charge is 0.545 e. The summed E-state index contributed by atoms with van der Waals surface area (Å²) < 4.78 is 0. The molecule has 1 saturated heterocycles. The average molecular weight is 351 g/mol. The molecule has 1 fully saturated rings. The minimum atomic E-state index is -1.31. The summed E-state index contributed by atoms with van der Waals surface area (Å²) >= 11 is 0. The summed E-state index contributed by atoms with van der Waals surface area (Å²) in [5, 5.41) is 13.6. The van der Waals surface area contributed by atoms with E-state index >= 15 is 0 Å². The lowest BCUT2D eigenvalue weighted by Crippen LogP contribution is -2.29. The first-order valence-corrected chi connectivity index (χ1v) is 8.35. The van der Waals surface area contributed by atoms with Gasteiger partial charge in [-0.15, -0.1) is 0 Å². The van der Waals surface area contributed by atoms with E-state index in [1.807, 2.05) is 32.0 Å². The normalized spacial score (nSPS) is 16.6. The van der Waals surface area contributed by atoms with Crippen LogP contribution in [0.1, 0.15) is 27.9 Å². The quantitative estimate of drug-likeness (QED) is 0.907. The van der Waals surface area contributed by atoms with Crippen LogP contribution in [-0.2, 0) is 9.59 Å². The van der Waals surface area contributed by atoms with Crippen LogP contribution >= 0.6 is 0 Å². The number of aryl methyl sites for hydroxylation is 1. The van der Waals surface area contributed by atoms with Crippen molar-refractivity contribution in [1.29, 1.82) is 0 Å². The molecule has 0 aromatic heterocycles. The Labute approximate surface area is 151 Å². The van der Waals surface area contributed by atoms with Gasteiger partial charge in [-0.25, -0.2) is 0 Å². The Kier molecular flexibility index (Phi) is 4.75. The molecule has 0 aliphatic carbocycles. The molecular weight excluding hydrogens is 332 g/mol. The second-order valence-electron chi connectivity index (χ2n) is 6.48. The van der Waals surface area contributed by atoms with E-state index in [9.17, 15) is 19.5 Å². The van der Waals surface area contributed by atoms with Gasteiger partial charge in [0.15, 0.2) is 0 Å². The van der Waals surface area contributed by atoms with Crippen molar-refractivity contribution < 1.29 is 19.5 Å². The molecule has 1 heterocycles. The summed E-state index contributed by atoms with van der Waals surface area (Å²) in [6, 6.07) is 11.6. The first-order chi connectivity index (χ1) is 12.4. The molecule has 0 spiro atoms. The van der Waals surface area contributed by atoms with Crippen LogP contribution in [-0.4, -0.2) is 24.3 Å². The number of amides is 2. The lowest BCUT2D eigenvalue weighted by Gasteiger charge is -2.20. The molecule has 1 aliphatic rings. The van der Waals surface area contributed by atoms with Crippen molar-refractivity contribution in [1.82, 2.24) is 0 Å². The molecule has 1 atom stereocenters. The van der Waals surface area contributed by atoms with Crippen molar-refractivity contribution in [3.63, 3.8) is 0 Å². The molecule has 3 rings (SSSR count). The van der Waals surface area contributed by atoms with E-state index in [4.69, 9.17) is 0 Å². The van der Waals surface area contributed by atoms with Gasteiger partial charge < -0.3 is 20.1 Å². The fourth-order valence-electron chi connectivity index (χ4n) is 3.11. The number of rotatable bonds is 4. The van der Waals surface area contributed by atoms with Gasteiger partial charge in [0.05, 0.1) is 11.9 Å². The molecule has 0 bridgehead atoms. The number of carboxylic acids is 1. The molecule has 6 nitrogen and oxygen atoms in total. The van der Waals surface area contributed by atoms with Crippen molar-refractivity contribution in [3.8, 4) is 0 Å². The fraction of sp³-hybridized carbons (Fsp3) is 0.250. The molecule has 2 amide bonds. The number of aromatic carboxylic acids is 1. The maximum atomic E-state index is 12.5. The molecule has 2 aromatic rings. The van der Waals surface area contributed by atoms with Gasteiger partial charge in [0.25, 0.3) is 0 Å². The van der Waals surface area contributed by atoms with Crippen LogP contribution in [0.5, 0.6) is 0 Å². The van der Waals surface area contributed by atoms with E-state index < -0.39 is 11.9 Å². The number of nitrogens with zero attached hydrogens (tertiary/aromatic N) is 1. The fourth-order valence-corrected chi connectivity index (χ4v) is 3.11. The zero-order chi connectivity index (χ0) is 18.8. The summed E-state index contributed by atoms with van der Waals surface area (Å²) in [5.41, 5.74) is 3.28. The summed E-state index contributed by atoms with van der Waals surface area (Å²) in [4.78, 5) is 37.5. The third-order valence-electron chi connectivity index (χ3n) is 4.73. The molecule has 1 N–H and O–H groups in total. The van der Waals surface area contributed by atoms with Gasteiger partial charge in [-0.05, 0) is 48.7 Å². The highest BCUT2D eigenvalue weighted by molar-refractivity contribution is 6.04. The van der Waals surface area contributed by atoms with Gasteiger partial charge in [-0.1, -0.05) is 24.3 Å². The van der Waals surface area contributed by atoms with Crippen molar-refractivity contribution in [2.75, 3.05) is 16.8 Å². The van der Waals surface area contributed by atoms with Gasteiger partial charge in [0, 0.05) is 24.3 Å². The number of carboxylic acid groups (broad SMARTS) is 1. The van der Waals surface area contributed by atoms with Crippen LogP contribution in [0.4, 0.5) is 11.4 Å². The Balaban J connectivity index is 1.74. The molecule has 0 unspecified atom stereocenters. The number of anilines is 2. The van der Waals surface area contributed by atoms with Gasteiger partial charge in [-0.3, -0.25) is 9.59 Å². The van der Waals surface area contributed by atoms with Gasteiger partial charge in [0.1, 0.15) is 0 Å². The van der Waals surface area contributed by atoms with Gasteiger partial charge >= 0.3 is 0 Å². The molecule has 26 heavy (non-hydrogen) atoms. The minimum Gasteiger partial charge on any atom is -0.545 e. The number of carbonyl (C=O) groups is 3. The second-order valence-corrected chi connectivity index (χ2v) is 6.48. The van der Waals surface area contributed by atoms with Crippen LogP contribution in [0, 0.1) is 19.8 Å². The predicted octanol–water partition coefficient (Wildman–Crippen LogP) is 1.66. The molecule has 0 radical (unpaired) electrons. The van der Waals surface area contributed by atoms with Crippen LogP contribution in [0.3, 0.4) is 0 Å². The summed E-state index contributed by atoms with van der Waals surface area (Å²) in [6.45, 7) is 4.24. The maximum Gasteiger partial charge on any atom is 0.229 e. The van der Waals surface area contributed by atoms with Crippen LogP contribution in [0.2, 0.25) is 0 Å². The molecule has 0 saturated carbocycles. The van der Waals surface area contributed by atoms with Crippen molar-refractivity contribution in [2.24, 2.45) is 5.92 Å². The first-order valence-electron chi connectivity index (χ1n) is 8.35. The Morgan fingerprint density at radius 1 is 1.15 bits per heavy atom. The highest BCUT2D eigenvalue weighted by Gasteiger charge is 2.35. The SMILES string of the molecule is Cc1cccc(N2C[C@@H](C(=O)Nc3cccc(C(=O)[O-])c3)CC2=O)c1C. The predicted molar refractivity (Wildman–Crippen MR) is 95.8 cm³/mol. The third kappa shape index (κ3) is 3.44. The maximum absolute atomic E-state index is 12.5. The molecular formula is C20H19N2O4-. The minimum absolute atomic E-state index is 0.0117. The van der Waals surface area contributed by atoms with Crippen molar-refractivity contribution in [2.45, 2.75) is 20.3 Å². The van der Waals surface area contributed by atoms with Gasteiger partial charge in [-0.2, -0.15) is 0 Å². The first kappa shape index (κ1) is 17.7. The molecule has 6 heteroatoms. The Morgan fingerprint density at radius 3 is 2.62 bits per heavy atom. The number of benzene rings is 2. The number of hydrogen-bond donors (Lipinski definition) is 1. The van der Waals surface area contributed by atoms with E-state index in [0.717, 1.165) is 16.8 Å². The number of hydrogen-bond acceptors (Lipinski definition) is 4.